The molecule has 2 aromatic heterocycles. The molecule has 32 heavy (non-hydrogen) atoms. The molecular weight excluding hydrogens is 418 g/mol. The van der Waals surface area contributed by atoms with Gasteiger partial charge in [-0.25, -0.2) is 23.7 Å². The van der Waals surface area contributed by atoms with Crippen LogP contribution in [0.2, 0.25) is 0 Å². The third-order valence-corrected chi connectivity index (χ3v) is 5.06. The van der Waals surface area contributed by atoms with Gasteiger partial charge in [-0.05, 0) is 36.3 Å². The van der Waals surface area contributed by atoms with E-state index in [9.17, 15) is 18.4 Å². The molecule has 0 fully saturated rings. The number of nitrogens with zero attached hydrogens (tertiary/aromatic N) is 3. The van der Waals surface area contributed by atoms with Crippen LogP contribution in [-0.2, 0) is 11.2 Å². The molecule has 0 radical (unpaired) electrons. The van der Waals surface area contributed by atoms with Crippen LogP contribution in [0.4, 0.5) is 14.6 Å². The maximum Gasteiger partial charge on any atom is 0.247 e. The SMILES string of the molecule is CC1C=C(c2nc(C(=O)CCc3c(F)cccc3F)c(N)nc2-c2ncco2)C=CC1=O. The second-order valence-electron chi connectivity index (χ2n) is 7.26. The summed E-state index contributed by atoms with van der Waals surface area (Å²) in [4.78, 5) is 37.5. The number of nitrogen functional groups attached to an aromatic ring is 1. The van der Waals surface area contributed by atoms with E-state index in [-0.39, 0.29) is 53.0 Å². The smallest absolute Gasteiger partial charge is 0.247 e. The van der Waals surface area contributed by atoms with Gasteiger partial charge in [0.2, 0.25) is 5.89 Å². The summed E-state index contributed by atoms with van der Waals surface area (Å²) in [7, 11) is 0. The first-order valence-corrected chi connectivity index (χ1v) is 9.82. The Morgan fingerprint density at radius 2 is 1.91 bits per heavy atom. The summed E-state index contributed by atoms with van der Waals surface area (Å²) in [6.07, 6.45) is 7.07. The lowest BCUT2D eigenvalue weighted by molar-refractivity contribution is -0.116. The van der Waals surface area contributed by atoms with Crippen LogP contribution in [0, 0.1) is 17.6 Å². The molecule has 7 nitrogen and oxygen atoms in total. The number of hydrogen-bond donors (Lipinski definition) is 1. The molecule has 2 N–H and O–H groups in total. The Kier molecular flexibility index (Phi) is 5.72. The van der Waals surface area contributed by atoms with E-state index >= 15 is 0 Å². The minimum atomic E-state index is -0.729. The molecule has 1 atom stereocenters. The van der Waals surface area contributed by atoms with Gasteiger partial charge in [-0.3, -0.25) is 9.59 Å². The van der Waals surface area contributed by atoms with Crippen molar-refractivity contribution < 1.29 is 22.8 Å². The Labute approximate surface area is 181 Å². The molecular formula is C23H18F2N4O3. The largest absolute Gasteiger partial charge is 0.443 e. The number of benzene rings is 1. The van der Waals surface area contributed by atoms with Crippen molar-refractivity contribution in [3.63, 3.8) is 0 Å². The molecule has 0 spiro atoms. The Morgan fingerprint density at radius 1 is 1.16 bits per heavy atom. The van der Waals surface area contributed by atoms with Gasteiger partial charge < -0.3 is 10.2 Å². The van der Waals surface area contributed by atoms with Crippen LogP contribution in [0.15, 0.2) is 53.3 Å². The van der Waals surface area contributed by atoms with Crippen molar-refractivity contribution in [2.24, 2.45) is 5.92 Å². The number of carbonyl (C=O) groups excluding carboxylic acids is 2. The maximum atomic E-state index is 13.9. The van der Waals surface area contributed by atoms with Gasteiger partial charge in [0.15, 0.2) is 23.1 Å². The Morgan fingerprint density at radius 3 is 2.56 bits per heavy atom. The maximum absolute atomic E-state index is 13.9. The second kappa shape index (κ2) is 8.62. The second-order valence-corrected chi connectivity index (χ2v) is 7.26. The summed E-state index contributed by atoms with van der Waals surface area (Å²) in [5, 5.41) is 0. The summed E-state index contributed by atoms with van der Waals surface area (Å²) in [6, 6.07) is 3.51. The monoisotopic (exact) mass is 436 g/mol. The molecule has 1 unspecified atom stereocenters. The highest BCUT2D eigenvalue weighted by Gasteiger charge is 2.25. The minimum absolute atomic E-state index is 0.0713. The number of rotatable bonds is 6. The van der Waals surface area contributed by atoms with Crippen LogP contribution in [0.1, 0.15) is 35.1 Å². The lowest BCUT2D eigenvalue weighted by Gasteiger charge is -2.15. The lowest BCUT2D eigenvalue weighted by Crippen LogP contribution is -2.15. The van der Waals surface area contributed by atoms with E-state index in [0.717, 1.165) is 12.1 Å². The lowest BCUT2D eigenvalue weighted by atomic mass is 9.94. The number of nitrogens with two attached hydrogens (primary N) is 1. The number of hydrogen-bond acceptors (Lipinski definition) is 7. The zero-order valence-electron chi connectivity index (χ0n) is 17.0. The third-order valence-electron chi connectivity index (χ3n) is 5.06. The van der Waals surface area contributed by atoms with E-state index in [4.69, 9.17) is 10.2 Å². The third kappa shape index (κ3) is 4.09. The van der Waals surface area contributed by atoms with Gasteiger partial charge in [0.05, 0.1) is 6.20 Å². The summed E-state index contributed by atoms with van der Waals surface area (Å²) < 4.78 is 33.1. The van der Waals surface area contributed by atoms with Crippen LogP contribution in [-0.4, -0.2) is 26.5 Å². The highest BCUT2D eigenvalue weighted by atomic mass is 19.1. The zero-order chi connectivity index (χ0) is 22.8. The van der Waals surface area contributed by atoms with Crippen LogP contribution in [0.5, 0.6) is 0 Å². The Hall–Kier alpha value is -4.01. The average Bonchev–Trinajstić information content (AvgIpc) is 3.30. The molecule has 1 aromatic carbocycles. The van der Waals surface area contributed by atoms with E-state index in [1.165, 1.54) is 24.6 Å². The summed E-state index contributed by atoms with van der Waals surface area (Å²) in [5.74, 6) is -2.47. The normalized spacial score (nSPS) is 15.7. The number of ketones is 2. The topological polar surface area (TPSA) is 112 Å². The van der Waals surface area contributed by atoms with Crippen molar-refractivity contribution >= 4 is 23.0 Å². The van der Waals surface area contributed by atoms with Crippen molar-refractivity contribution in [1.29, 1.82) is 0 Å². The quantitative estimate of drug-likeness (QED) is 0.582. The standard InChI is InChI=1S/C23H18F2N4O3/c1-12-11-13(5-7-17(12)30)19-21(23-27-9-10-32-23)29-22(26)20(28-19)18(31)8-6-14-15(24)3-2-4-16(14)25/h2-5,7,9-12H,6,8H2,1H3,(H2,26,29). The number of oxazole rings is 1. The molecule has 162 valence electrons. The fourth-order valence-corrected chi connectivity index (χ4v) is 3.36. The van der Waals surface area contributed by atoms with E-state index in [1.54, 1.807) is 19.1 Å². The molecule has 3 aromatic rings. The molecule has 0 aliphatic heterocycles. The van der Waals surface area contributed by atoms with Gasteiger partial charge in [-0.1, -0.05) is 19.1 Å². The van der Waals surface area contributed by atoms with Gasteiger partial charge in [0.25, 0.3) is 0 Å². The molecule has 0 bridgehead atoms. The van der Waals surface area contributed by atoms with Gasteiger partial charge in [0, 0.05) is 17.9 Å². The first kappa shape index (κ1) is 21.2. The van der Waals surface area contributed by atoms with Gasteiger partial charge in [-0.2, -0.15) is 0 Å². The van der Waals surface area contributed by atoms with Crippen molar-refractivity contribution in [2.75, 3.05) is 5.73 Å². The van der Waals surface area contributed by atoms with Crippen LogP contribution >= 0.6 is 0 Å². The van der Waals surface area contributed by atoms with Crippen LogP contribution < -0.4 is 5.73 Å². The number of carbonyl (C=O) groups is 2. The molecule has 0 saturated heterocycles. The van der Waals surface area contributed by atoms with Crippen molar-refractivity contribution in [3.05, 3.63) is 77.5 Å². The van der Waals surface area contributed by atoms with Gasteiger partial charge >= 0.3 is 0 Å². The molecule has 1 aliphatic carbocycles. The summed E-state index contributed by atoms with van der Waals surface area (Å²) >= 11 is 0. The zero-order valence-corrected chi connectivity index (χ0v) is 17.0. The molecule has 1 aliphatic rings. The first-order chi connectivity index (χ1) is 15.3. The van der Waals surface area contributed by atoms with E-state index in [0.29, 0.717) is 5.57 Å². The fraction of sp³-hybridized carbons (Fsp3) is 0.174. The van der Waals surface area contributed by atoms with Crippen LogP contribution in [0.25, 0.3) is 17.2 Å². The van der Waals surface area contributed by atoms with Gasteiger partial charge in [-0.15, -0.1) is 0 Å². The first-order valence-electron chi connectivity index (χ1n) is 9.82. The van der Waals surface area contributed by atoms with Gasteiger partial charge in [0.1, 0.15) is 29.3 Å². The number of halogens is 2. The molecule has 9 heteroatoms. The van der Waals surface area contributed by atoms with E-state index in [1.807, 2.05) is 0 Å². The van der Waals surface area contributed by atoms with E-state index in [2.05, 4.69) is 15.0 Å². The van der Waals surface area contributed by atoms with Crippen molar-refractivity contribution in [1.82, 2.24) is 15.0 Å². The van der Waals surface area contributed by atoms with Crippen molar-refractivity contribution in [2.45, 2.75) is 19.8 Å². The average molecular weight is 436 g/mol. The molecule has 0 saturated carbocycles. The highest BCUT2D eigenvalue weighted by Crippen LogP contribution is 2.31. The van der Waals surface area contributed by atoms with Crippen molar-refractivity contribution in [3.8, 4) is 11.6 Å². The number of anilines is 1. The predicted octanol–water partition coefficient (Wildman–Crippen LogP) is 3.97. The highest BCUT2D eigenvalue weighted by molar-refractivity contribution is 6.02. The number of Topliss-reactive ketones (excluding diaryl/α,β-unsaturated/α-hetero) is 1. The summed E-state index contributed by atoms with van der Waals surface area (Å²) in [6.45, 7) is 1.73. The predicted molar refractivity (Wildman–Crippen MR) is 112 cm³/mol. The fourth-order valence-electron chi connectivity index (χ4n) is 3.36. The Balaban J connectivity index is 1.72. The Bertz CT molecular complexity index is 1250. The summed E-state index contributed by atoms with van der Waals surface area (Å²) in [5.41, 5.74) is 6.70. The molecule has 0 amide bonds. The minimum Gasteiger partial charge on any atom is -0.443 e. The molecule has 2 heterocycles. The number of aromatic nitrogens is 3. The van der Waals surface area contributed by atoms with Crippen LogP contribution in [0.3, 0.4) is 0 Å². The van der Waals surface area contributed by atoms with E-state index < -0.39 is 23.3 Å². The number of allylic oxidation sites excluding steroid dienone is 4. The molecule has 4 rings (SSSR count).